The second kappa shape index (κ2) is 9.11. The first kappa shape index (κ1) is 21.4. The molecule has 0 radical (unpaired) electrons. The quantitative estimate of drug-likeness (QED) is 0.498. The zero-order valence-electron chi connectivity index (χ0n) is 17.0. The number of aromatic amines is 1. The van der Waals surface area contributed by atoms with Gasteiger partial charge in [0.2, 0.25) is 0 Å². The standard InChI is InChI=1S/C22H19ClFN5O3/c1-2-29-12-14-18(9-10-25-20(14)28-22(29)31)32-19-8-7-13(11-16(19)24)26-21(30)27-17-6-4-3-5-15(17)23/h3-11H,2,12H2,1H3,(H,25,28,31)(H2,26,27,30)/p+1. The van der Waals surface area contributed by atoms with Gasteiger partial charge in [-0.15, -0.1) is 0 Å². The molecular weight excluding hydrogens is 437 g/mol. The van der Waals surface area contributed by atoms with E-state index in [1.165, 1.54) is 12.1 Å². The summed E-state index contributed by atoms with van der Waals surface area (Å²) in [7, 11) is 0. The van der Waals surface area contributed by atoms with Gasteiger partial charge in [0.15, 0.2) is 11.6 Å². The van der Waals surface area contributed by atoms with Gasteiger partial charge in [-0.1, -0.05) is 23.7 Å². The molecule has 1 aromatic heterocycles. The summed E-state index contributed by atoms with van der Waals surface area (Å²) in [5.41, 5.74) is 1.38. The topological polar surface area (TPSA) is 96.8 Å². The molecule has 0 saturated carbocycles. The van der Waals surface area contributed by atoms with Crippen molar-refractivity contribution >= 4 is 40.9 Å². The number of benzene rings is 2. The van der Waals surface area contributed by atoms with Crippen molar-refractivity contribution < 1.29 is 23.7 Å². The number of nitrogens with one attached hydrogen (secondary N) is 4. The van der Waals surface area contributed by atoms with Crippen molar-refractivity contribution in [1.29, 1.82) is 0 Å². The number of ether oxygens (including phenoxy) is 1. The second-order valence-electron chi connectivity index (χ2n) is 6.95. The molecule has 4 N–H and O–H groups in total. The van der Waals surface area contributed by atoms with E-state index in [0.717, 1.165) is 6.07 Å². The monoisotopic (exact) mass is 456 g/mol. The highest BCUT2D eigenvalue weighted by atomic mass is 35.5. The second-order valence-corrected chi connectivity index (χ2v) is 7.35. The van der Waals surface area contributed by atoms with Crippen molar-refractivity contribution in [1.82, 2.24) is 4.90 Å². The van der Waals surface area contributed by atoms with E-state index in [2.05, 4.69) is 20.9 Å². The molecule has 10 heteroatoms. The minimum absolute atomic E-state index is 0.0181. The lowest BCUT2D eigenvalue weighted by molar-refractivity contribution is -0.361. The molecule has 8 nitrogen and oxygen atoms in total. The maximum absolute atomic E-state index is 14.7. The molecule has 0 aliphatic carbocycles. The van der Waals surface area contributed by atoms with Crippen molar-refractivity contribution in [3.05, 3.63) is 71.1 Å². The number of carbonyl (C=O) groups excluding carboxylic acids is 2. The van der Waals surface area contributed by atoms with Crippen molar-refractivity contribution in [3.8, 4) is 11.5 Å². The third-order valence-electron chi connectivity index (χ3n) is 4.84. The van der Waals surface area contributed by atoms with Gasteiger partial charge in [0, 0.05) is 24.4 Å². The number of amides is 4. The molecular formula is C22H20ClFN5O3+. The molecule has 2 heterocycles. The van der Waals surface area contributed by atoms with Crippen LogP contribution in [-0.2, 0) is 6.54 Å². The number of fused-ring (bicyclic) bond motifs is 1. The van der Waals surface area contributed by atoms with E-state index in [0.29, 0.717) is 40.9 Å². The summed E-state index contributed by atoms with van der Waals surface area (Å²) in [5.74, 6) is 0.241. The van der Waals surface area contributed by atoms with E-state index in [4.69, 9.17) is 16.3 Å². The van der Waals surface area contributed by atoms with E-state index in [1.807, 2.05) is 6.92 Å². The number of para-hydroxylation sites is 1. The summed E-state index contributed by atoms with van der Waals surface area (Å²) in [4.78, 5) is 28.8. The number of rotatable bonds is 5. The molecule has 4 amide bonds. The Hall–Kier alpha value is -3.85. The molecule has 0 unspecified atom stereocenters. The predicted octanol–water partition coefficient (Wildman–Crippen LogP) is 5.10. The first-order valence-corrected chi connectivity index (χ1v) is 10.2. The molecule has 164 valence electrons. The number of hydrogen-bond acceptors (Lipinski definition) is 3. The van der Waals surface area contributed by atoms with Gasteiger partial charge in [-0.2, -0.15) is 5.32 Å². The smallest absolute Gasteiger partial charge is 0.409 e. The predicted molar refractivity (Wildman–Crippen MR) is 119 cm³/mol. The minimum Gasteiger partial charge on any atom is -0.453 e. The van der Waals surface area contributed by atoms with E-state index in [1.54, 1.807) is 41.4 Å². The Balaban J connectivity index is 1.48. The summed E-state index contributed by atoms with van der Waals surface area (Å²) < 4.78 is 20.5. The van der Waals surface area contributed by atoms with Gasteiger partial charge in [0.1, 0.15) is 11.3 Å². The van der Waals surface area contributed by atoms with Gasteiger partial charge in [0.25, 0.3) is 5.82 Å². The molecule has 4 rings (SSSR count). The molecule has 1 aliphatic rings. The van der Waals surface area contributed by atoms with Crippen LogP contribution in [0.2, 0.25) is 5.02 Å². The van der Waals surface area contributed by atoms with Crippen LogP contribution in [0.5, 0.6) is 11.5 Å². The highest BCUT2D eigenvalue weighted by molar-refractivity contribution is 6.33. The van der Waals surface area contributed by atoms with E-state index < -0.39 is 11.8 Å². The average Bonchev–Trinajstić information content (AvgIpc) is 2.77. The summed E-state index contributed by atoms with van der Waals surface area (Å²) in [6.45, 7) is 2.71. The van der Waals surface area contributed by atoms with Crippen LogP contribution >= 0.6 is 11.6 Å². The van der Waals surface area contributed by atoms with Crippen LogP contribution in [-0.4, -0.2) is 23.5 Å². The molecule has 3 aromatic rings. The number of halogens is 2. The lowest BCUT2D eigenvalue weighted by atomic mass is 10.2. The van der Waals surface area contributed by atoms with Crippen LogP contribution < -0.4 is 25.7 Å². The lowest BCUT2D eigenvalue weighted by Crippen LogP contribution is -2.40. The van der Waals surface area contributed by atoms with E-state index in [9.17, 15) is 14.0 Å². The van der Waals surface area contributed by atoms with Gasteiger partial charge in [-0.3, -0.25) is 0 Å². The number of aromatic nitrogens is 1. The normalized spacial score (nSPS) is 12.6. The van der Waals surface area contributed by atoms with Crippen molar-refractivity contribution in [2.24, 2.45) is 0 Å². The van der Waals surface area contributed by atoms with Crippen molar-refractivity contribution in [2.45, 2.75) is 13.5 Å². The fourth-order valence-corrected chi connectivity index (χ4v) is 3.39. The number of anilines is 3. The number of H-pyrrole nitrogens is 1. The molecule has 32 heavy (non-hydrogen) atoms. The summed E-state index contributed by atoms with van der Waals surface area (Å²) in [6, 6.07) is 11.8. The van der Waals surface area contributed by atoms with Crippen LogP contribution in [0.4, 0.5) is 31.2 Å². The zero-order chi connectivity index (χ0) is 22.7. The number of nitrogens with zero attached hydrogens (tertiary/aromatic N) is 1. The summed E-state index contributed by atoms with van der Waals surface area (Å²) in [6.07, 6.45) is 1.60. The molecule has 1 aliphatic heterocycles. The van der Waals surface area contributed by atoms with E-state index in [-0.39, 0.29) is 17.5 Å². The first-order valence-electron chi connectivity index (χ1n) is 9.84. The Bertz CT molecular complexity index is 1190. The van der Waals surface area contributed by atoms with Crippen LogP contribution in [0.1, 0.15) is 12.5 Å². The van der Waals surface area contributed by atoms with Crippen LogP contribution in [0.3, 0.4) is 0 Å². The van der Waals surface area contributed by atoms with Gasteiger partial charge in [-0.05, 0) is 31.2 Å². The minimum atomic E-state index is -0.658. The fourth-order valence-electron chi connectivity index (χ4n) is 3.21. The van der Waals surface area contributed by atoms with Gasteiger partial charge < -0.3 is 20.3 Å². The average molecular weight is 457 g/mol. The maximum Gasteiger partial charge on any atom is 0.409 e. The Kier molecular flexibility index (Phi) is 6.09. The maximum atomic E-state index is 14.7. The summed E-state index contributed by atoms with van der Waals surface area (Å²) >= 11 is 6.02. The highest BCUT2D eigenvalue weighted by Crippen LogP contribution is 2.33. The van der Waals surface area contributed by atoms with Crippen LogP contribution in [0.15, 0.2) is 54.7 Å². The van der Waals surface area contributed by atoms with Gasteiger partial charge >= 0.3 is 12.1 Å². The van der Waals surface area contributed by atoms with E-state index >= 15 is 0 Å². The SMILES string of the molecule is CCN1Cc2c(Oc3ccc(NC(=O)Nc4ccccc4Cl)cc3F)cc[nH+]c2NC1=O. The van der Waals surface area contributed by atoms with Gasteiger partial charge in [0.05, 0.1) is 23.5 Å². The Morgan fingerprint density at radius 2 is 2.03 bits per heavy atom. The molecule has 0 atom stereocenters. The Labute approximate surface area is 188 Å². The number of hydrogen-bond donors (Lipinski definition) is 3. The Morgan fingerprint density at radius 1 is 1.22 bits per heavy atom. The zero-order valence-corrected chi connectivity index (χ0v) is 17.8. The molecule has 0 bridgehead atoms. The molecule has 0 saturated heterocycles. The molecule has 2 aromatic carbocycles. The van der Waals surface area contributed by atoms with Crippen molar-refractivity contribution in [3.63, 3.8) is 0 Å². The first-order chi connectivity index (χ1) is 15.4. The third-order valence-corrected chi connectivity index (χ3v) is 5.17. The highest BCUT2D eigenvalue weighted by Gasteiger charge is 2.31. The molecule has 0 fully saturated rings. The van der Waals surface area contributed by atoms with Crippen LogP contribution in [0, 0.1) is 5.82 Å². The Morgan fingerprint density at radius 3 is 2.78 bits per heavy atom. The molecule has 0 spiro atoms. The van der Waals surface area contributed by atoms with Crippen LogP contribution in [0.25, 0.3) is 0 Å². The lowest BCUT2D eigenvalue weighted by Gasteiger charge is -2.24. The third kappa shape index (κ3) is 4.57. The largest absolute Gasteiger partial charge is 0.453 e. The summed E-state index contributed by atoms with van der Waals surface area (Å²) in [5, 5.41) is 8.29. The number of carbonyl (C=O) groups is 2. The van der Waals surface area contributed by atoms with Gasteiger partial charge in [-0.25, -0.2) is 19.0 Å². The number of pyridine rings is 1. The number of urea groups is 2. The van der Waals surface area contributed by atoms with Crippen molar-refractivity contribution in [2.75, 3.05) is 22.5 Å². The fraction of sp³-hybridized carbons (Fsp3) is 0.136.